The molecular formula is C15H23N3O2. The van der Waals surface area contributed by atoms with Crippen LogP contribution in [0.4, 0.5) is 5.69 Å². The fourth-order valence-electron chi connectivity index (χ4n) is 2.75. The summed E-state index contributed by atoms with van der Waals surface area (Å²) in [6.45, 7) is 7.10. The summed E-state index contributed by atoms with van der Waals surface area (Å²) in [7, 11) is 2.15. The molecule has 0 aliphatic carbocycles. The summed E-state index contributed by atoms with van der Waals surface area (Å²) in [4.78, 5) is 13.0. The number of nitrogens with one attached hydrogen (secondary N) is 1. The van der Waals surface area contributed by atoms with Crippen LogP contribution in [-0.4, -0.2) is 36.5 Å². The Labute approximate surface area is 120 Å². The minimum Gasteiger partial charge on any atom is -0.310 e. The zero-order valence-electron chi connectivity index (χ0n) is 12.4. The van der Waals surface area contributed by atoms with Gasteiger partial charge in [0.1, 0.15) is 0 Å². The van der Waals surface area contributed by atoms with E-state index in [1.54, 1.807) is 13.0 Å². The SMILES string of the molecule is Cc1ccc(C(C)NCC2CCN(C)C2)cc1[N+](=O)[O-]. The quantitative estimate of drug-likeness (QED) is 0.663. The molecule has 5 heteroatoms. The lowest BCUT2D eigenvalue weighted by molar-refractivity contribution is -0.385. The molecule has 0 aromatic heterocycles. The molecule has 5 nitrogen and oxygen atoms in total. The van der Waals surface area contributed by atoms with E-state index in [9.17, 15) is 10.1 Å². The van der Waals surface area contributed by atoms with Crippen LogP contribution in [0.1, 0.15) is 30.5 Å². The Morgan fingerprint density at radius 3 is 2.90 bits per heavy atom. The van der Waals surface area contributed by atoms with Crippen LogP contribution in [0.5, 0.6) is 0 Å². The predicted octanol–water partition coefficient (Wildman–Crippen LogP) is 2.51. The van der Waals surface area contributed by atoms with Crippen molar-refractivity contribution in [1.29, 1.82) is 0 Å². The van der Waals surface area contributed by atoms with Gasteiger partial charge < -0.3 is 10.2 Å². The summed E-state index contributed by atoms with van der Waals surface area (Å²) in [5, 5.41) is 14.5. The zero-order chi connectivity index (χ0) is 14.7. The van der Waals surface area contributed by atoms with Gasteiger partial charge in [0, 0.05) is 24.2 Å². The molecule has 0 amide bonds. The van der Waals surface area contributed by atoms with Gasteiger partial charge in [-0.3, -0.25) is 10.1 Å². The molecule has 1 heterocycles. The smallest absolute Gasteiger partial charge is 0.272 e. The first-order chi connectivity index (χ1) is 9.47. The lowest BCUT2D eigenvalue weighted by Gasteiger charge is -2.18. The summed E-state index contributed by atoms with van der Waals surface area (Å²) in [5.41, 5.74) is 1.90. The Balaban J connectivity index is 1.96. The van der Waals surface area contributed by atoms with E-state index >= 15 is 0 Å². The summed E-state index contributed by atoms with van der Waals surface area (Å²) < 4.78 is 0. The second-order valence-electron chi connectivity index (χ2n) is 5.85. The van der Waals surface area contributed by atoms with Crippen LogP contribution in [0.2, 0.25) is 0 Å². The van der Waals surface area contributed by atoms with Crippen LogP contribution in [-0.2, 0) is 0 Å². The highest BCUT2D eigenvalue weighted by Crippen LogP contribution is 2.23. The summed E-state index contributed by atoms with van der Waals surface area (Å²) >= 11 is 0. The third-order valence-electron chi connectivity index (χ3n) is 4.13. The highest BCUT2D eigenvalue weighted by atomic mass is 16.6. The van der Waals surface area contributed by atoms with E-state index in [0.717, 1.165) is 25.2 Å². The van der Waals surface area contributed by atoms with E-state index in [4.69, 9.17) is 0 Å². The van der Waals surface area contributed by atoms with Crippen molar-refractivity contribution in [3.63, 3.8) is 0 Å². The molecule has 0 spiro atoms. The van der Waals surface area contributed by atoms with E-state index < -0.39 is 0 Å². The zero-order valence-corrected chi connectivity index (χ0v) is 12.4. The van der Waals surface area contributed by atoms with Crippen molar-refractivity contribution in [3.8, 4) is 0 Å². The Morgan fingerprint density at radius 1 is 1.55 bits per heavy atom. The maximum atomic E-state index is 11.0. The third kappa shape index (κ3) is 3.55. The Bertz CT molecular complexity index is 490. The van der Waals surface area contributed by atoms with Crippen molar-refractivity contribution < 1.29 is 4.92 Å². The third-order valence-corrected chi connectivity index (χ3v) is 4.13. The molecular weight excluding hydrogens is 254 g/mol. The van der Waals surface area contributed by atoms with E-state index in [2.05, 4.69) is 24.2 Å². The van der Waals surface area contributed by atoms with Crippen LogP contribution < -0.4 is 5.32 Å². The second-order valence-corrected chi connectivity index (χ2v) is 5.85. The number of nitro benzene ring substituents is 1. The first-order valence-corrected chi connectivity index (χ1v) is 7.14. The van der Waals surface area contributed by atoms with Crippen molar-refractivity contribution in [3.05, 3.63) is 39.4 Å². The number of nitro groups is 1. The van der Waals surface area contributed by atoms with Gasteiger partial charge >= 0.3 is 0 Å². The molecule has 110 valence electrons. The molecule has 0 bridgehead atoms. The number of benzene rings is 1. The molecule has 1 N–H and O–H groups in total. The van der Waals surface area contributed by atoms with E-state index in [0.29, 0.717) is 11.5 Å². The molecule has 1 saturated heterocycles. The maximum absolute atomic E-state index is 11.0. The molecule has 2 rings (SSSR count). The predicted molar refractivity (Wildman–Crippen MR) is 79.9 cm³/mol. The molecule has 2 atom stereocenters. The molecule has 0 saturated carbocycles. The van der Waals surface area contributed by atoms with E-state index in [1.165, 1.54) is 6.42 Å². The van der Waals surface area contributed by atoms with Gasteiger partial charge in [0.2, 0.25) is 0 Å². The van der Waals surface area contributed by atoms with Crippen molar-refractivity contribution in [2.45, 2.75) is 26.3 Å². The van der Waals surface area contributed by atoms with Crippen molar-refractivity contribution in [2.24, 2.45) is 5.92 Å². The molecule has 1 aliphatic rings. The summed E-state index contributed by atoms with van der Waals surface area (Å²) in [6.07, 6.45) is 1.23. The van der Waals surface area contributed by atoms with Gasteiger partial charge in [-0.15, -0.1) is 0 Å². The lowest BCUT2D eigenvalue weighted by Crippen LogP contribution is -2.27. The average Bonchev–Trinajstić information content (AvgIpc) is 2.82. The van der Waals surface area contributed by atoms with Crippen molar-refractivity contribution >= 4 is 5.69 Å². The van der Waals surface area contributed by atoms with Crippen LogP contribution in [0.3, 0.4) is 0 Å². The highest BCUT2D eigenvalue weighted by molar-refractivity contribution is 5.43. The van der Waals surface area contributed by atoms with Crippen LogP contribution >= 0.6 is 0 Å². The summed E-state index contributed by atoms with van der Waals surface area (Å²) in [5.74, 6) is 0.683. The first kappa shape index (κ1) is 14.9. The van der Waals surface area contributed by atoms with Gasteiger partial charge in [0.25, 0.3) is 5.69 Å². The monoisotopic (exact) mass is 277 g/mol. The standard InChI is InChI=1S/C15H23N3O2/c1-11-4-5-14(8-15(11)18(19)20)12(2)16-9-13-6-7-17(3)10-13/h4-5,8,12-13,16H,6-7,9-10H2,1-3H3. The lowest BCUT2D eigenvalue weighted by atomic mass is 10.0. The number of aryl methyl sites for hydroxylation is 1. The molecule has 1 aliphatic heterocycles. The van der Waals surface area contributed by atoms with Gasteiger partial charge in [0.05, 0.1) is 4.92 Å². The van der Waals surface area contributed by atoms with Gasteiger partial charge in [-0.1, -0.05) is 12.1 Å². The minimum atomic E-state index is -0.308. The number of likely N-dealkylation sites (tertiary alicyclic amines) is 1. The number of rotatable bonds is 5. The van der Waals surface area contributed by atoms with Gasteiger partial charge in [-0.25, -0.2) is 0 Å². The van der Waals surface area contributed by atoms with Crippen molar-refractivity contribution in [1.82, 2.24) is 10.2 Å². The fraction of sp³-hybridized carbons (Fsp3) is 0.600. The Kier molecular flexibility index (Phi) is 4.73. The average molecular weight is 277 g/mol. The fourth-order valence-corrected chi connectivity index (χ4v) is 2.75. The number of hydrogen-bond donors (Lipinski definition) is 1. The van der Waals surface area contributed by atoms with E-state index in [-0.39, 0.29) is 16.7 Å². The van der Waals surface area contributed by atoms with Gasteiger partial charge in [-0.2, -0.15) is 0 Å². The van der Waals surface area contributed by atoms with Crippen molar-refractivity contribution in [2.75, 3.05) is 26.7 Å². The molecule has 1 aromatic carbocycles. The highest BCUT2D eigenvalue weighted by Gasteiger charge is 2.20. The number of nitrogens with zero attached hydrogens (tertiary/aromatic N) is 2. The van der Waals surface area contributed by atoms with Gasteiger partial charge in [0.15, 0.2) is 0 Å². The first-order valence-electron chi connectivity index (χ1n) is 7.14. The largest absolute Gasteiger partial charge is 0.310 e. The number of hydrogen-bond acceptors (Lipinski definition) is 4. The second kappa shape index (κ2) is 6.33. The van der Waals surface area contributed by atoms with Gasteiger partial charge in [-0.05, 0) is 51.9 Å². The summed E-state index contributed by atoms with van der Waals surface area (Å²) in [6, 6.07) is 5.63. The molecule has 1 aromatic rings. The van der Waals surface area contributed by atoms with Crippen LogP contribution in [0.15, 0.2) is 18.2 Å². The topological polar surface area (TPSA) is 58.4 Å². The molecule has 0 radical (unpaired) electrons. The minimum absolute atomic E-state index is 0.139. The Hall–Kier alpha value is -1.46. The molecule has 20 heavy (non-hydrogen) atoms. The molecule has 2 unspecified atom stereocenters. The normalized spacial score (nSPS) is 21.1. The maximum Gasteiger partial charge on any atom is 0.272 e. The van der Waals surface area contributed by atoms with Crippen LogP contribution in [0, 0.1) is 23.0 Å². The van der Waals surface area contributed by atoms with Crippen LogP contribution in [0.25, 0.3) is 0 Å². The molecule has 1 fully saturated rings. The Morgan fingerprint density at radius 2 is 2.30 bits per heavy atom. The van der Waals surface area contributed by atoms with E-state index in [1.807, 2.05) is 12.1 Å².